The fourth-order valence-electron chi connectivity index (χ4n) is 13.5. The third-order valence-corrected chi connectivity index (χ3v) is 18.5. The van der Waals surface area contributed by atoms with Crippen LogP contribution < -0.4 is 55.0 Å². The van der Waals surface area contributed by atoms with Crippen molar-refractivity contribution in [3.8, 4) is 34.5 Å². The van der Waals surface area contributed by atoms with Crippen molar-refractivity contribution in [3.63, 3.8) is 0 Å². The topological polar surface area (TPSA) is 311 Å². The Bertz CT molecular complexity index is 5080. The highest BCUT2D eigenvalue weighted by Crippen LogP contribution is 2.44. The van der Waals surface area contributed by atoms with Crippen LogP contribution in [0, 0.1) is 0 Å². The number of halogens is 18. The molecule has 1 fully saturated rings. The number of alkyl halides is 18. The maximum atomic E-state index is 13.7. The van der Waals surface area contributed by atoms with Gasteiger partial charge in [-0.05, 0) is 142 Å². The lowest BCUT2D eigenvalue weighted by Crippen LogP contribution is -2.55. The van der Waals surface area contributed by atoms with E-state index in [4.69, 9.17) is 5.11 Å². The molecule has 9 N–H and O–H groups in total. The second kappa shape index (κ2) is 40.8. The van der Waals surface area contributed by atoms with Gasteiger partial charge in [-0.25, -0.2) is 29.0 Å². The van der Waals surface area contributed by atoms with Crippen LogP contribution in [0.15, 0.2) is 249 Å². The van der Waals surface area contributed by atoms with Crippen LogP contribution in [0.5, 0.6) is 34.5 Å². The summed E-state index contributed by atoms with van der Waals surface area (Å²) < 4.78 is 260. The van der Waals surface area contributed by atoms with Crippen molar-refractivity contribution in [2.24, 2.45) is 0 Å². The first-order chi connectivity index (χ1) is 58.7. The van der Waals surface area contributed by atoms with Crippen LogP contribution in [-0.2, 0) is 56.7 Å². The summed E-state index contributed by atoms with van der Waals surface area (Å²) in [6.45, 7) is 0.0205. The minimum absolute atomic E-state index is 0.0251. The molecule has 23 nitrogen and oxygen atoms in total. The van der Waals surface area contributed by atoms with Gasteiger partial charge in [0.05, 0.1) is 22.9 Å². The molecule has 0 bridgehead atoms. The van der Waals surface area contributed by atoms with Gasteiger partial charge in [-0.3, -0.25) is 4.79 Å². The van der Waals surface area contributed by atoms with E-state index in [1.807, 2.05) is 0 Å². The molecular formula is C84H72F18N8O15. The Morgan fingerprint density at radius 2 is 0.728 bits per heavy atom. The number of nitrogens with zero attached hydrogens (tertiary/aromatic N) is 2. The second-order valence-electron chi connectivity index (χ2n) is 27.4. The molecule has 6 amide bonds. The summed E-state index contributed by atoms with van der Waals surface area (Å²) in [6.07, 6.45) is -27.9. The van der Waals surface area contributed by atoms with Crippen molar-refractivity contribution in [3.05, 3.63) is 305 Å². The minimum atomic E-state index is -5.08. The van der Waals surface area contributed by atoms with Gasteiger partial charge in [-0.2, -0.15) is 0 Å². The maximum absolute atomic E-state index is 13.7. The Labute approximate surface area is 697 Å². The van der Waals surface area contributed by atoms with E-state index in [1.165, 1.54) is 85.3 Å². The van der Waals surface area contributed by atoms with Gasteiger partial charge in [0, 0.05) is 57.1 Å². The number of carboxylic acid groups (broad SMARTS) is 3. The monoisotopic (exact) mass is 1770 g/mol. The zero-order chi connectivity index (χ0) is 91.2. The molecule has 0 aliphatic carbocycles. The molecule has 0 saturated carbocycles. The minimum Gasteiger partial charge on any atom is -0.481 e. The van der Waals surface area contributed by atoms with E-state index in [-0.39, 0.29) is 91.4 Å². The number of urea groups is 3. The standard InChI is InChI=1S/C29H24F6N4O5.C28H24F6N2O5.C27H24F6N2O5/c30-28(31,32)43-22-10-4-8-19(12-22)27(15-18-6-2-1-3-7-18,20-9-5-11-23(13-20)44-29(33,34)35)39-26(42)38-24(25(40)41)14-21-16-36-17-37-21;29-27(30,31)40-21-11-4-9-19(15-21)26(17-18-7-2-1-3-8-18,20-10-5-12-22(16-20)41-28(32,33)34)35-25(39)36-14-6-13-23(36)24(37)38;28-26(29,30)39-21-11-4-9-19(15-21)25(17-18-7-2-1-3-8-18,35-24(38)34-14-6-13-23(36)37)20-10-5-12-22(16-20)40-27(31,32)33/h1-13,16-17,24H,14-15H2,(H,36,37)(H,40,41)(H2,38,39,42);1-5,7-12,15-16,23H,6,13-14,17H2,(H,35,39)(H,37,38);1-5,7-12,15-16H,6,13-14,17H2,(H,36,37)(H2,34,35,38)/t24-;23-;/m00./s1. The average molecular weight is 1780 g/mol. The normalized spacial score (nSPS) is 13.5. The molecule has 9 aromatic carbocycles. The van der Waals surface area contributed by atoms with E-state index in [0.717, 1.165) is 77.7 Å². The highest BCUT2D eigenvalue weighted by Gasteiger charge is 2.46. The third-order valence-electron chi connectivity index (χ3n) is 18.5. The van der Waals surface area contributed by atoms with Crippen LogP contribution in [0.4, 0.5) is 93.4 Å². The molecule has 0 spiro atoms. The molecule has 664 valence electrons. The number of aromatic nitrogens is 2. The number of hydrogen-bond acceptors (Lipinski definition) is 13. The van der Waals surface area contributed by atoms with Crippen LogP contribution in [0.1, 0.15) is 81.4 Å². The van der Waals surface area contributed by atoms with E-state index in [9.17, 15) is 118 Å². The smallest absolute Gasteiger partial charge is 0.481 e. The number of H-pyrrole nitrogens is 1. The number of likely N-dealkylation sites (tertiary alicyclic amines) is 1. The van der Waals surface area contributed by atoms with Crippen LogP contribution >= 0.6 is 0 Å². The van der Waals surface area contributed by atoms with Gasteiger partial charge in [-0.15, -0.1) is 79.0 Å². The number of amides is 6. The highest BCUT2D eigenvalue weighted by atomic mass is 19.4. The lowest BCUT2D eigenvalue weighted by molar-refractivity contribution is -0.275. The summed E-state index contributed by atoms with van der Waals surface area (Å²) >= 11 is 0. The number of nitrogens with one attached hydrogen (secondary N) is 6. The number of carboxylic acids is 3. The first-order valence-corrected chi connectivity index (χ1v) is 36.9. The first kappa shape index (κ1) is 94.8. The zero-order valence-electron chi connectivity index (χ0n) is 64.3. The van der Waals surface area contributed by atoms with E-state index in [1.54, 1.807) is 91.0 Å². The van der Waals surface area contributed by atoms with Crippen molar-refractivity contribution in [1.29, 1.82) is 0 Å². The maximum Gasteiger partial charge on any atom is 0.573 e. The molecule has 1 aromatic heterocycles. The quantitative estimate of drug-likeness (QED) is 0.0149. The second-order valence-corrected chi connectivity index (χ2v) is 27.4. The van der Waals surface area contributed by atoms with E-state index in [2.05, 4.69) is 65.0 Å². The number of hydrogen-bond donors (Lipinski definition) is 9. The van der Waals surface area contributed by atoms with E-state index in [0.29, 0.717) is 28.8 Å². The Morgan fingerprint density at radius 3 is 1.01 bits per heavy atom. The molecule has 1 saturated heterocycles. The van der Waals surface area contributed by atoms with Gasteiger partial charge in [0.2, 0.25) is 0 Å². The van der Waals surface area contributed by atoms with Crippen LogP contribution in [0.25, 0.3) is 0 Å². The summed E-state index contributed by atoms with van der Waals surface area (Å²) in [5.74, 6) is -7.56. The van der Waals surface area contributed by atoms with Crippen molar-refractivity contribution >= 4 is 36.0 Å². The fraction of sp³-hybridized carbons (Fsp3) is 0.250. The molecule has 2 heterocycles. The molecule has 11 rings (SSSR count). The number of imidazole rings is 1. The number of aliphatic carboxylic acids is 3. The Balaban J connectivity index is 0.000000213. The first-order valence-electron chi connectivity index (χ1n) is 36.9. The SMILES string of the molecule is O=C(N[C@@H](Cc1cnc[nH]1)C(=O)O)NC(Cc1ccccc1)(c1cccc(OC(F)(F)F)c1)c1cccc(OC(F)(F)F)c1.O=C(O)CCCNC(=O)NC(Cc1ccccc1)(c1cccc(OC(F)(F)F)c1)c1cccc(OC(F)(F)F)c1.O=C(O)[C@@H]1CCCN1C(=O)NC(Cc1ccccc1)(c1cccc(OC(F)(F)F)c1)c1cccc(OC(F)(F)F)c1. The zero-order valence-corrected chi connectivity index (χ0v) is 64.3. The third kappa shape index (κ3) is 29.1. The predicted molar refractivity (Wildman–Crippen MR) is 406 cm³/mol. The molecular weight excluding hydrogens is 1700 g/mol. The van der Waals surface area contributed by atoms with Gasteiger partial charge in [0.15, 0.2) is 0 Å². The molecule has 2 atom stereocenters. The number of aromatic amines is 1. The Hall–Kier alpha value is -14.1. The summed E-state index contributed by atoms with van der Waals surface area (Å²) in [4.78, 5) is 82.5. The molecule has 41 heteroatoms. The van der Waals surface area contributed by atoms with Gasteiger partial charge in [0.1, 0.15) is 46.6 Å². The molecule has 125 heavy (non-hydrogen) atoms. The Morgan fingerprint density at radius 1 is 0.416 bits per heavy atom. The Kier molecular flexibility index (Phi) is 30.9. The number of benzene rings is 9. The van der Waals surface area contributed by atoms with E-state index >= 15 is 0 Å². The van der Waals surface area contributed by atoms with Crippen molar-refractivity contribution in [2.45, 2.75) is 118 Å². The summed E-state index contributed by atoms with van der Waals surface area (Å²) in [7, 11) is 0. The number of carbonyl (C=O) groups is 6. The van der Waals surface area contributed by atoms with Gasteiger partial charge < -0.3 is 80.2 Å². The highest BCUT2D eigenvalue weighted by molar-refractivity contribution is 5.85. The predicted octanol–water partition coefficient (Wildman–Crippen LogP) is 18.1. The van der Waals surface area contributed by atoms with Gasteiger partial charge in [-0.1, -0.05) is 164 Å². The van der Waals surface area contributed by atoms with E-state index < -0.39 is 137 Å². The lowest BCUT2D eigenvalue weighted by atomic mass is 9.77. The van der Waals surface area contributed by atoms with Crippen molar-refractivity contribution in [2.75, 3.05) is 13.1 Å². The largest absolute Gasteiger partial charge is 0.573 e. The van der Waals surface area contributed by atoms with Gasteiger partial charge in [0.25, 0.3) is 0 Å². The summed E-state index contributed by atoms with van der Waals surface area (Å²) in [5, 5.41) is 41.1. The van der Waals surface area contributed by atoms with Crippen LogP contribution in [-0.4, -0.2) is 130 Å². The van der Waals surface area contributed by atoms with Crippen molar-refractivity contribution in [1.82, 2.24) is 41.5 Å². The van der Waals surface area contributed by atoms with Gasteiger partial charge >= 0.3 is 74.2 Å². The number of ether oxygens (including phenoxy) is 6. The summed E-state index contributed by atoms with van der Waals surface area (Å²) in [6, 6.07) is 47.6. The van der Waals surface area contributed by atoms with Crippen LogP contribution in [0.2, 0.25) is 0 Å². The van der Waals surface area contributed by atoms with Crippen LogP contribution in [0.3, 0.4) is 0 Å². The average Bonchev–Trinajstić information content (AvgIpc) is 1.39. The molecule has 0 radical (unpaired) electrons. The molecule has 0 unspecified atom stereocenters. The number of carbonyl (C=O) groups excluding carboxylic acids is 3. The number of rotatable bonds is 30. The lowest BCUT2D eigenvalue weighted by Gasteiger charge is -2.38. The fourth-order valence-corrected chi connectivity index (χ4v) is 13.5. The molecule has 10 aromatic rings. The van der Waals surface area contributed by atoms with Crippen molar-refractivity contribution < 1.29 is 152 Å². The molecule has 1 aliphatic heterocycles. The summed E-state index contributed by atoms with van der Waals surface area (Å²) in [5.41, 5.74) is -3.26. The molecule has 1 aliphatic rings.